The maximum Gasteiger partial charge on any atom is 0.321 e. The van der Waals surface area contributed by atoms with Gasteiger partial charge in [0.05, 0.1) is 28.2 Å². The molecule has 0 fully saturated rings. The Morgan fingerprint density at radius 3 is 2.75 bits per heavy atom. The Morgan fingerprint density at radius 1 is 1.32 bits per heavy atom. The molecule has 0 unspecified atom stereocenters. The highest BCUT2D eigenvalue weighted by molar-refractivity contribution is 8.22. The number of allylic oxidation sites excluding steroid dienone is 2. The van der Waals surface area contributed by atoms with Crippen molar-refractivity contribution in [3.63, 3.8) is 0 Å². The molecule has 7 heteroatoms. The van der Waals surface area contributed by atoms with Gasteiger partial charge in [0.25, 0.3) is 0 Å². The first-order chi connectivity index (χ1) is 13.6. The Kier molecular flexibility index (Phi) is 5.63. The molecule has 0 radical (unpaired) electrons. The van der Waals surface area contributed by atoms with Gasteiger partial charge >= 0.3 is 5.97 Å². The third-order valence-corrected chi connectivity index (χ3v) is 7.69. The molecule has 0 N–H and O–H groups in total. The second-order valence-electron chi connectivity index (χ2n) is 6.53. The zero-order chi connectivity index (χ0) is 19.8. The quantitative estimate of drug-likeness (QED) is 0.617. The highest BCUT2D eigenvalue weighted by Gasteiger charge is 2.49. The van der Waals surface area contributed by atoms with Gasteiger partial charge in [-0.15, -0.1) is 11.8 Å². The third-order valence-electron chi connectivity index (χ3n) is 4.89. The molecule has 0 saturated heterocycles. The van der Waals surface area contributed by atoms with Crippen molar-refractivity contribution in [3.8, 4) is 0 Å². The van der Waals surface area contributed by atoms with Crippen LogP contribution in [0.3, 0.4) is 0 Å². The maximum atomic E-state index is 13.5. The molecule has 0 aromatic heterocycles. The summed E-state index contributed by atoms with van der Waals surface area (Å²) >= 11 is 9.12. The summed E-state index contributed by atoms with van der Waals surface area (Å²) in [4.78, 5) is 28.2. The van der Waals surface area contributed by atoms with Crippen LogP contribution in [0.15, 0.2) is 52.0 Å². The van der Waals surface area contributed by atoms with Crippen molar-refractivity contribution in [2.24, 2.45) is 0 Å². The fourth-order valence-corrected chi connectivity index (χ4v) is 6.52. The average molecular weight is 434 g/mol. The van der Waals surface area contributed by atoms with Crippen molar-refractivity contribution in [3.05, 3.63) is 62.6 Å². The summed E-state index contributed by atoms with van der Waals surface area (Å²) in [6.45, 7) is 4.22. The molecule has 28 heavy (non-hydrogen) atoms. The first kappa shape index (κ1) is 19.7. The summed E-state index contributed by atoms with van der Waals surface area (Å²) in [5, 5.41) is 0.282. The number of benzene rings is 1. The first-order valence-electron chi connectivity index (χ1n) is 9.27. The number of nitrogens with zero attached hydrogens (tertiary/aromatic N) is 1. The molecule has 0 saturated carbocycles. The Morgan fingerprint density at radius 2 is 2.07 bits per heavy atom. The molecule has 0 amide bonds. The summed E-state index contributed by atoms with van der Waals surface area (Å²) < 4.78 is 6.24. The Bertz CT molecular complexity index is 920. The number of thioether (sulfide) groups is 2. The number of carbonyl (C=O) groups is 2. The lowest BCUT2D eigenvalue weighted by Gasteiger charge is -2.41. The van der Waals surface area contributed by atoms with Crippen LogP contribution in [0.5, 0.6) is 0 Å². The zero-order valence-electron chi connectivity index (χ0n) is 15.6. The molecule has 2 atom stereocenters. The number of esters is 1. The van der Waals surface area contributed by atoms with Crippen LogP contribution in [0.2, 0.25) is 5.02 Å². The van der Waals surface area contributed by atoms with Gasteiger partial charge in [-0.25, -0.2) is 0 Å². The maximum absolute atomic E-state index is 13.5. The van der Waals surface area contributed by atoms with Gasteiger partial charge in [0.15, 0.2) is 0 Å². The standard InChI is InChI=1S/C21H20ClNO3S2/c1-3-26-20(25)19-15-7-5-6-14-16(12-8-10-13(22)11-9-12)18(24)17(23(14)15)21(28-19)27-4-2/h5-6,8-11,15,19H,3-4,7H2,1-2H3/t15-,19+/m0/s1. The summed E-state index contributed by atoms with van der Waals surface area (Å²) in [6, 6.07) is 7.23. The van der Waals surface area contributed by atoms with Crippen molar-refractivity contribution in [1.29, 1.82) is 0 Å². The molecule has 4 rings (SSSR count). The van der Waals surface area contributed by atoms with Crippen LogP contribution in [-0.2, 0) is 14.3 Å². The highest BCUT2D eigenvalue weighted by Crippen LogP contribution is 2.52. The number of ketones is 1. The van der Waals surface area contributed by atoms with E-state index in [1.165, 1.54) is 11.8 Å². The van der Waals surface area contributed by atoms with Crippen molar-refractivity contribution in [2.75, 3.05) is 12.4 Å². The van der Waals surface area contributed by atoms with E-state index in [4.69, 9.17) is 16.3 Å². The highest BCUT2D eigenvalue weighted by atomic mass is 35.5. The van der Waals surface area contributed by atoms with E-state index in [0.717, 1.165) is 21.3 Å². The van der Waals surface area contributed by atoms with E-state index in [1.54, 1.807) is 23.9 Å². The van der Waals surface area contributed by atoms with Crippen LogP contribution < -0.4 is 0 Å². The lowest BCUT2D eigenvalue weighted by Crippen LogP contribution is -2.48. The van der Waals surface area contributed by atoms with Crippen LogP contribution in [0.4, 0.5) is 0 Å². The molecule has 0 aliphatic carbocycles. The summed E-state index contributed by atoms with van der Waals surface area (Å²) in [7, 11) is 0. The minimum Gasteiger partial charge on any atom is -0.465 e. The molecule has 146 valence electrons. The average Bonchev–Trinajstić information content (AvgIpc) is 2.99. The monoisotopic (exact) mass is 433 g/mol. The fraction of sp³-hybridized carbons (Fsp3) is 0.333. The van der Waals surface area contributed by atoms with E-state index in [2.05, 4.69) is 4.90 Å². The fourth-order valence-electron chi connectivity index (χ4n) is 3.78. The molecule has 3 aliphatic rings. The predicted molar refractivity (Wildman–Crippen MR) is 116 cm³/mol. The van der Waals surface area contributed by atoms with E-state index in [-0.39, 0.29) is 23.0 Å². The minimum atomic E-state index is -0.352. The van der Waals surface area contributed by atoms with Crippen LogP contribution in [-0.4, -0.2) is 40.3 Å². The van der Waals surface area contributed by atoms with Gasteiger partial charge in [0.1, 0.15) is 10.9 Å². The summed E-state index contributed by atoms with van der Waals surface area (Å²) in [5.74, 6) is 0.627. The van der Waals surface area contributed by atoms with E-state index >= 15 is 0 Å². The van der Waals surface area contributed by atoms with Gasteiger partial charge in [-0.05, 0) is 42.9 Å². The smallest absolute Gasteiger partial charge is 0.321 e. The Balaban J connectivity index is 1.86. The number of Topliss-reactive ketones (excluding diaryl/α,β-unsaturated/α-hetero) is 1. The van der Waals surface area contributed by atoms with Crippen molar-refractivity contribution >= 4 is 52.5 Å². The SMILES string of the molecule is CCOC(=O)[C@@H]1SC(SCC)=C2C(=O)C(c3ccc(Cl)cc3)=C3C=CC[C@@H]1N32. The molecular formula is C21H20ClNO3S2. The predicted octanol–water partition coefficient (Wildman–Crippen LogP) is 4.87. The number of carbonyl (C=O) groups excluding carboxylic acids is 2. The van der Waals surface area contributed by atoms with Crippen molar-refractivity contribution in [2.45, 2.75) is 31.6 Å². The number of hydrogen-bond donors (Lipinski definition) is 0. The van der Waals surface area contributed by atoms with Gasteiger partial charge in [-0.1, -0.05) is 48.5 Å². The largest absolute Gasteiger partial charge is 0.465 e. The zero-order valence-corrected chi connectivity index (χ0v) is 18.0. The van der Waals surface area contributed by atoms with Gasteiger partial charge in [-0.2, -0.15) is 0 Å². The van der Waals surface area contributed by atoms with E-state index in [0.29, 0.717) is 29.3 Å². The van der Waals surface area contributed by atoms with Crippen LogP contribution in [0.25, 0.3) is 5.57 Å². The lowest BCUT2D eigenvalue weighted by molar-refractivity contribution is -0.143. The normalized spacial score (nSPS) is 23.4. The summed E-state index contributed by atoms with van der Waals surface area (Å²) in [6.07, 6.45) is 4.75. The number of rotatable bonds is 5. The van der Waals surface area contributed by atoms with Crippen LogP contribution in [0.1, 0.15) is 25.8 Å². The molecule has 1 aromatic rings. The number of halogens is 1. The Hall–Kier alpha value is -1.63. The van der Waals surface area contributed by atoms with Crippen LogP contribution in [0, 0.1) is 0 Å². The first-order valence-corrected chi connectivity index (χ1v) is 11.5. The summed E-state index contributed by atoms with van der Waals surface area (Å²) in [5.41, 5.74) is 3.08. The third kappa shape index (κ3) is 3.21. The second-order valence-corrected chi connectivity index (χ2v) is 9.65. The molecule has 3 heterocycles. The number of ether oxygens (including phenoxy) is 1. The molecule has 1 aromatic carbocycles. The van der Waals surface area contributed by atoms with Crippen LogP contribution >= 0.6 is 35.1 Å². The van der Waals surface area contributed by atoms with E-state index in [9.17, 15) is 9.59 Å². The molecule has 0 spiro atoms. The topological polar surface area (TPSA) is 46.6 Å². The lowest BCUT2D eigenvalue weighted by atomic mass is 9.99. The molecule has 3 aliphatic heterocycles. The van der Waals surface area contributed by atoms with E-state index in [1.807, 2.05) is 38.1 Å². The van der Waals surface area contributed by atoms with Crippen molar-refractivity contribution < 1.29 is 14.3 Å². The molecule has 0 bridgehead atoms. The van der Waals surface area contributed by atoms with E-state index < -0.39 is 0 Å². The molecule has 4 nitrogen and oxygen atoms in total. The number of hydrogen-bond acceptors (Lipinski definition) is 6. The van der Waals surface area contributed by atoms with Gasteiger partial charge in [-0.3, -0.25) is 9.59 Å². The van der Waals surface area contributed by atoms with Gasteiger partial charge in [0.2, 0.25) is 5.78 Å². The van der Waals surface area contributed by atoms with Crippen molar-refractivity contribution in [1.82, 2.24) is 4.90 Å². The van der Waals surface area contributed by atoms with Gasteiger partial charge < -0.3 is 9.64 Å². The Labute approximate surface area is 178 Å². The van der Waals surface area contributed by atoms with Gasteiger partial charge in [0, 0.05) is 5.02 Å². The molecular weight excluding hydrogens is 414 g/mol. The second kappa shape index (κ2) is 8.01. The minimum absolute atomic E-state index is 0.0135.